The molecule has 2 N–H and O–H groups in total. The Morgan fingerprint density at radius 3 is 2.22 bits per heavy atom. The fourth-order valence-corrected chi connectivity index (χ4v) is 4.04. The number of carboxylic acid groups (broad SMARTS) is 1. The second-order valence-corrected chi connectivity index (χ2v) is 8.12. The van der Waals surface area contributed by atoms with Crippen LogP contribution in [0.4, 0.5) is 4.79 Å². The number of carboxylic acids is 1. The summed E-state index contributed by atoms with van der Waals surface area (Å²) in [5, 5.41) is 11.9. The number of hydrogen-bond acceptors (Lipinski definition) is 3. The van der Waals surface area contributed by atoms with Crippen LogP contribution in [-0.4, -0.2) is 28.3 Å². The van der Waals surface area contributed by atoms with Crippen molar-refractivity contribution in [1.29, 1.82) is 0 Å². The smallest absolute Gasteiger partial charge is 0.408 e. The van der Waals surface area contributed by atoms with E-state index in [9.17, 15) is 9.59 Å². The van der Waals surface area contributed by atoms with Crippen LogP contribution in [-0.2, 0) is 11.2 Å². The largest absolute Gasteiger partial charge is 0.478 e. The van der Waals surface area contributed by atoms with E-state index in [2.05, 4.69) is 5.32 Å². The zero-order valence-corrected chi connectivity index (χ0v) is 13.8. The van der Waals surface area contributed by atoms with Gasteiger partial charge < -0.3 is 15.2 Å². The molecule has 0 unspecified atom stereocenters. The number of ether oxygens (including phenoxy) is 1. The number of carbonyl (C=O) groups excluding carboxylic acids is 1. The quantitative estimate of drug-likeness (QED) is 0.892. The Balaban J connectivity index is 1.51. The highest BCUT2D eigenvalue weighted by atomic mass is 16.6. The molecule has 0 atom stereocenters. The van der Waals surface area contributed by atoms with Crippen LogP contribution in [0.5, 0.6) is 0 Å². The summed E-state index contributed by atoms with van der Waals surface area (Å²) in [5.74, 6) is -0.900. The van der Waals surface area contributed by atoms with Crippen LogP contribution >= 0.6 is 0 Å². The maximum atomic E-state index is 11.9. The molecule has 0 heterocycles. The number of amides is 1. The summed E-state index contributed by atoms with van der Waals surface area (Å²) in [7, 11) is 0. The first-order valence-electron chi connectivity index (χ1n) is 7.94. The fraction of sp³-hybridized carbons (Fsp3) is 0.556. The SMILES string of the molecule is CC(C)(C)OC(=O)NC12CC(Cc3ccc(C(=O)O)cc3)(C1)C2. The molecule has 2 bridgehead atoms. The van der Waals surface area contributed by atoms with Gasteiger partial charge in [0.1, 0.15) is 5.60 Å². The molecule has 5 heteroatoms. The van der Waals surface area contributed by atoms with Crippen LogP contribution in [0.1, 0.15) is 56.0 Å². The normalized spacial score (nSPS) is 28.3. The highest BCUT2D eigenvalue weighted by molar-refractivity contribution is 5.87. The van der Waals surface area contributed by atoms with Gasteiger partial charge in [-0.2, -0.15) is 0 Å². The number of rotatable bonds is 4. The number of alkyl carbamates (subject to hydrolysis) is 1. The Labute approximate surface area is 136 Å². The van der Waals surface area contributed by atoms with Crippen molar-refractivity contribution in [3.8, 4) is 0 Å². The lowest BCUT2D eigenvalue weighted by molar-refractivity contribution is -0.150. The summed E-state index contributed by atoms with van der Waals surface area (Å²) in [5.41, 5.74) is 1.18. The molecule has 0 spiro atoms. The van der Waals surface area contributed by atoms with Crippen molar-refractivity contribution in [2.75, 3.05) is 0 Å². The second kappa shape index (κ2) is 4.98. The average molecular weight is 317 g/mol. The van der Waals surface area contributed by atoms with Crippen molar-refractivity contribution in [2.45, 2.75) is 57.6 Å². The predicted octanol–water partition coefficient (Wildman–Crippen LogP) is 3.37. The Hall–Kier alpha value is -2.04. The van der Waals surface area contributed by atoms with Gasteiger partial charge in [-0.1, -0.05) is 12.1 Å². The molecule has 0 aliphatic heterocycles. The summed E-state index contributed by atoms with van der Waals surface area (Å²) in [4.78, 5) is 22.7. The molecule has 124 valence electrons. The van der Waals surface area contributed by atoms with Crippen molar-refractivity contribution in [3.63, 3.8) is 0 Å². The zero-order chi connectivity index (χ0) is 16.9. The Morgan fingerprint density at radius 2 is 1.74 bits per heavy atom. The van der Waals surface area contributed by atoms with Gasteiger partial charge >= 0.3 is 12.1 Å². The minimum absolute atomic E-state index is 0.0800. The van der Waals surface area contributed by atoms with Gasteiger partial charge in [-0.15, -0.1) is 0 Å². The predicted molar refractivity (Wildman–Crippen MR) is 85.5 cm³/mol. The zero-order valence-electron chi connectivity index (χ0n) is 13.8. The lowest BCUT2D eigenvalue weighted by Crippen LogP contribution is -2.75. The third kappa shape index (κ3) is 3.19. The van der Waals surface area contributed by atoms with Gasteiger partial charge in [0.05, 0.1) is 5.56 Å². The molecule has 1 aromatic rings. The van der Waals surface area contributed by atoms with Crippen molar-refractivity contribution < 1.29 is 19.4 Å². The molecule has 3 aliphatic carbocycles. The van der Waals surface area contributed by atoms with Crippen LogP contribution in [0.15, 0.2) is 24.3 Å². The first kappa shape index (κ1) is 15.8. The monoisotopic (exact) mass is 317 g/mol. The number of aromatic carboxylic acids is 1. The summed E-state index contributed by atoms with van der Waals surface area (Å²) in [6.07, 6.45) is 3.52. The lowest BCUT2D eigenvalue weighted by Gasteiger charge is -2.70. The summed E-state index contributed by atoms with van der Waals surface area (Å²) >= 11 is 0. The molecule has 0 saturated heterocycles. The maximum absolute atomic E-state index is 11.9. The fourth-order valence-electron chi connectivity index (χ4n) is 4.04. The standard InChI is InChI=1S/C18H23NO4/c1-16(2,3)23-15(22)19-18-9-17(10-18,11-18)8-12-4-6-13(7-5-12)14(20)21/h4-7H,8-11H2,1-3H3,(H,19,22)(H,20,21). The average Bonchev–Trinajstić information content (AvgIpc) is 2.33. The van der Waals surface area contributed by atoms with Crippen LogP contribution < -0.4 is 5.32 Å². The molecule has 23 heavy (non-hydrogen) atoms. The molecular formula is C18H23NO4. The molecule has 0 aromatic heterocycles. The first-order valence-corrected chi connectivity index (χ1v) is 7.94. The topological polar surface area (TPSA) is 75.6 Å². The molecule has 3 aliphatic rings. The van der Waals surface area contributed by atoms with Gasteiger partial charge in [0.25, 0.3) is 0 Å². The van der Waals surface area contributed by atoms with E-state index in [1.807, 2.05) is 32.9 Å². The van der Waals surface area contributed by atoms with E-state index in [1.54, 1.807) is 12.1 Å². The van der Waals surface area contributed by atoms with Crippen molar-refractivity contribution in [3.05, 3.63) is 35.4 Å². The van der Waals surface area contributed by atoms with Gasteiger partial charge in [0.15, 0.2) is 0 Å². The van der Waals surface area contributed by atoms with Crippen molar-refractivity contribution >= 4 is 12.1 Å². The molecule has 5 nitrogen and oxygen atoms in total. The molecule has 3 saturated carbocycles. The Morgan fingerprint density at radius 1 is 1.17 bits per heavy atom. The number of benzene rings is 1. The Bertz CT molecular complexity index is 622. The third-order valence-electron chi connectivity index (χ3n) is 4.69. The van der Waals surface area contributed by atoms with Crippen LogP contribution in [0.25, 0.3) is 0 Å². The number of hydrogen-bond donors (Lipinski definition) is 2. The first-order chi connectivity index (χ1) is 10.6. The van der Waals surface area contributed by atoms with Crippen LogP contribution in [0.2, 0.25) is 0 Å². The molecule has 3 fully saturated rings. The third-order valence-corrected chi connectivity index (χ3v) is 4.69. The van der Waals surface area contributed by atoms with Crippen LogP contribution in [0.3, 0.4) is 0 Å². The Kier molecular flexibility index (Phi) is 3.43. The van der Waals surface area contributed by atoms with Gasteiger partial charge in [-0.25, -0.2) is 9.59 Å². The second-order valence-electron chi connectivity index (χ2n) is 8.12. The van der Waals surface area contributed by atoms with Crippen molar-refractivity contribution in [2.24, 2.45) is 5.41 Å². The minimum Gasteiger partial charge on any atom is -0.478 e. The van der Waals surface area contributed by atoms with E-state index < -0.39 is 11.6 Å². The summed E-state index contributed by atoms with van der Waals surface area (Å²) < 4.78 is 5.32. The van der Waals surface area contributed by atoms with E-state index >= 15 is 0 Å². The van der Waals surface area contributed by atoms with E-state index in [-0.39, 0.29) is 17.0 Å². The highest BCUT2D eigenvalue weighted by Gasteiger charge is 2.68. The maximum Gasteiger partial charge on any atom is 0.408 e. The summed E-state index contributed by atoms with van der Waals surface area (Å²) in [6.45, 7) is 5.57. The van der Waals surface area contributed by atoms with E-state index in [0.29, 0.717) is 5.56 Å². The van der Waals surface area contributed by atoms with E-state index in [4.69, 9.17) is 9.84 Å². The van der Waals surface area contributed by atoms with E-state index in [0.717, 1.165) is 31.2 Å². The van der Waals surface area contributed by atoms with Crippen molar-refractivity contribution in [1.82, 2.24) is 5.32 Å². The molecule has 1 aromatic carbocycles. The van der Waals surface area contributed by atoms with Gasteiger partial charge in [-0.3, -0.25) is 0 Å². The number of nitrogens with one attached hydrogen (secondary N) is 1. The lowest BCUT2D eigenvalue weighted by atomic mass is 9.38. The van der Waals surface area contributed by atoms with E-state index in [1.165, 1.54) is 0 Å². The van der Waals surface area contributed by atoms with Gasteiger partial charge in [-0.05, 0) is 69.6 Å². The molecule has 0 radical (unpaired) electrons. The molecule has 1 amide bonds. The highest BCUT2D eigenvalue weighted by Crippen LogP contribution is 2.68. The molecular weight excluding hydrogens is 294 g/mol. The number of carbonyl (C=O) groups is 2. The van der Waals surface area contributed by atoms with Crippen LogP contribution in [0, 0.1) is 5.41 Å². The molecule has 4 rings (SSSR count). The minimum atomic E-state index is -0.900. The summed E-state index contributed by atoms with van der Waals surface area (Å²) in [6, 6.07) is 7.07. The van der Waals surface area contributed by atoms with Gasteiger partial charge in [0, 0.05) is 5.54 Å². The van der Waals surface area contributed by atoms with Gasteiger partial charge in [0.2, 0.25) is 0 Å².